The number of carbonyl (C=O) groups is 1. The van der Waals surface area contributed by atoms with Crippen LogP contribution >= 0.6 is 7.82 Å². The fourth-order valence-electron chi connectivity index (χ4n) is 8.12. The second-order valence-electron chi connectivity index (χ2n) is 20.0. The maximum atomic E-state index is 12.9. The Hall–Kier alpha value is -1.02. The van der Waals surface area contributed by atoms with Crippen LogP contribution in [-0.4, -0.2) is 73.4 Å². The highest BCUT2D eigenvalue weighted by Crippen LogP contribution is 2.43. The van der Waals surface area contributed by atoms with Gasteiger partial charge in [-0.1, -0.05) is 250 Å². The van der Waals surface area contributed by atoms with Crippen LogP contribution in [0.25, 0.3) is 0 Å². The van der Waals surface area contributed by atoms with E-state index in [1.807, 2.05) is 27.2 Å². The largest absolute Gasteiger partial charge is 0.472 e. The lowest BCUT2D eigenvalue weighted by molar-refractivity contribution is -0.870. The molecule has 9 heteroatoms. The number of rotatable bonds is 50. The number of carbonyl (C=O) groups excluding carboxylic acids is 1. The number of nitrogens with zero attached hydrogens (tertiary/aromatic N) is 1. The standard InChI is InChI=1S/C54H107N2O6P/c1-6-8-10-12-14-16-18-20-22-24-25-26-27-28-29-30-32-34-36-38-40-42-44-46-48-54(58)55-52(51-62-63(59,60)61-50-49-56(3,4)5)53(57)47-45-43-41-39-37-35-33-31-23-21-19-17-15-13-11-9-7-2/h37,39,45,47,52-53,57H,6-36,38,40-44,46,48-51H2,1-5H3,(H-,55,58,59,60)/p+1/b39-37+,47-45+. The summed E-state index contributed by atoms with van der Waals surface area (Å²) in [6, 6.07) is -0.859. The average molecular weight is 912 g/mol. The van der Waals surface area contributed by atoms with Crippen molar-refractivity contribution >= 4 is 13.7 Å². The number of aliphatic hydroxyl groups excluding tert-OH is 1. The summed E-state index contributed by atoms with van der Waals surface area (Å²) in [5, 5.41) is 13.9. The summed E-state index contributed by atoms with van der Waals surface area (Å²) in [5.74, 6) is -0.182. The SMILES string of the molecule is CCCCCCCCCCCCC/C=C/CC/C=C/C(O)C(COP(=O)(O)OCC[N+](C)(C)C)NC(=O)CCCCCCCCCCCCCCCCCCCCCCCCCC. The fourth-order valence-corrected chi connectivity index (χ4v) is 8.85. The van der Waals surface area contributed by atoms with Crippen LogP contribution in [0, 0.1) is 0 Å². The highest BCUT2D eigenvalue weighted by Gasteiger charge is 2.27. The molecular weight excluding hydrogens is 804 g/mol. The number of amides is 1. The minimum Gasteiger partial charge on any atom is -0.387 e. The van der Waals surface area contributed by atoms with Crippen molar-refractivity contribution in [3.05, 3.63) is 24.3 Å². The summed E-state index contributed by atoms with van der Waals surface area (Å²) in [5.41, 5.74) is 0. The van der Waals surface area contributed by atoms with Crippen molar-refractivity contribution in [3.63, 3.8) is 0 Å². The van der Waals surface area contributed by atoms with Crippen LogP contribution in [-0.2, 0) is 18.4 Å². The molecule has 0 aromatic rings. The van der Waals surface area contributed by atoms with Crippen LogP contribution in [0.1, 0.15) is 264 Å². The number of phosphoric acid groups is 1. The summed E-state index contributed by atoms with van der Waals surface area (Å²) in [6.45, 7) is 4.83. The molecule has 63 heavy (non-hydrogen) atoms. The van der Waals surface area contributed by atoms with Gasteiger partial charge in [0, 0.05) is 6.42 Å². The Labute approximate surface area is 392 Å². The van der Waals surface area contributed by atoms with Crippen molar-refractivity contribution < 1.29 is 32.9 Å². The van der Waals surface area contributed by atoms with Gasteiger partial charge in [0.25, 0.3) is 0 Å². The molecule has 0 spiro atoms. The predicted molar refractivity (Wildman–Crippen MR) is 272 cm³/mol. The molecule has 0 radical (unpaired) electrons. The third-order valence-corrected chi connectivity index (χ3v) is 13.4. The van der Waals surface area contributed by atoms with Crippen molar-refractivity contribution in [1.29, 1.82) is 0 Å². The van der Waals surface area contributed by atoms with Gasteiger partial charge in [0.15, 0.2) is 0 Å². The minimum atomic E-state index is -4.35. The summed E-state index contributed by atoms with van der Waals surface area (Å²) >= 11 is 0. The van der Waals surface area contributed by atoms with Crippen molar-refractivity contribution in [2.75, 3.05) is 40.9 Å². The number of allylic oxidation sites excluding steroid dienone is 3. The Balaban J connectivity index is 4.23. The quantitative estimate of drug-likeness (QED) is 0.0243. The average Bonchev–Trinajstić information content (AvgIpc) is 3.24. The molecule has 0 aliphatic carbocycles. The maximum Gasteiger partial charge on any atom is 0.472 e. The second kappa shape index (κ2) is 46.1. The molecule has 0 saturated heterocycles. The Morgan fingerprint density at radius 2 is 0.873 bits per heavy atom. The number of unbranched alkanes of at least 4 members (excludes halogenated alkanes) is 35. The van der Waals surface area contributed by atoms with E-state index in [2.05, 4.69) is 31.3 Å². The number of phosphoric ester groups is 1. The molecule has 1 amide bonds. The van der Waals surface area contributed by atoms with Gasteiger partial charge in [-0.3, -0.25) is 13.8 Å². The molecule has 8 nitrogen and oxygen atoms in total. The first kappa shape index (κ1) is 62.0. The van der Waals surface area contributed by atoms with Gasteiger partial charge in [-0.2, -0.15) is 0 Å². The smallest absolute Gasteiger partial charge is 0.387 e. The molecule has 374 valence electrons. The molecule has 0 rings (SSSR count). The van der Waals surface area contributed by atoms with Crippen LogP contribution in [0.2, 0.25) is 0 Å². The van der Waals surface area contributed by atoms with Crippen LogP contribution in [0.15, 0.2) is 24.3 Å². The van der Waals surface area contributed by atoms with Gasteiger partial charge in [0.2, 0.25) is 5.91 Å². The highest BCUT2D eigenvalue weighted by atomic mass is 31.2. The summed E-state index contributed by atoms with van der Waals surface area (Å²) in [4.78, 5) is 23.2. The van der Waals surface area contributed by atoms with Gasteiger partial charge in [-0.05, 0) is 32.1 Å². The molecule has 3 N–H and O–H groups in total. The molecular formula is C54H108N2O6P+. The number of nitrogens with one attached hydrogen (secondary N) is 1. The number of hydrogen-bond acceptors (Lipinski definition) is 5. The van der Waals surface area contributed by atoms with Crippen molar-refractivity contribution in [3.8, 4) is 0 Å². The minimum absolute atomic E-state index is 0.0586. The molecule has 0 aromatic carbocycles. The third-order valence-electron chi connectivity index (χ3n) is 12.4. The van der Waals surface area contributed by atoms with E-state index >= 15 is 0 Å². The van der Waals surface area contributed by atoms with E-state index < -0.39 is 20.0 Å². The van der Waals surface area contributed by atoms with E-state index in [1.165, 1.54) is 205 Å². The Morgan fingerprint density at radius 1 is 0.524 bits per heavy atom. The molecule has 0 aliphatic heterocycles. The Kier molecular flexibility index (Phi) is 45.4. The monoisotopic (exact) mass is 912 g/mol. The van der Waals surface area contributed by atoms with E-state index in [1.54, 1.807) is 6.08 Å². The molecule has 0 heterocycles. The first-order chi connectivity index (χ1) is 30.5. The Morgan fingerprint density at radius 3 is 1.27 bits per heavy atom. The summed E-state index contributed by atoms with van der Waals surface area (Å²) in [6.07, 6.45) is 57.0. The van der Waals surface area contributed by atoms with Crippen molar-refractivity contribution in [2.45, 2.75) is 276 Å². The lowest BCUT2D eigenvalue weighted by atomic mass is 10.0. The van der Waals surface area contributed by atoms with Gasteiger partial charge < -0.3 is 19.8 Å². The zero-order valence-electron chi connectivity index (χ0n) is 42.6. The van der Waals surface area contributed by atoms with Gasteiger partial charge in [-0.25, -0.2) is 4.57 Å². The number of likely N-dealkylation sites (N-methyl/N-ethyl adjacent to an activating group) is 1. The van der Waals surface area contributed by atoms with E-state index in [4.69, 9.17) is 9.05 Å². The van der Waals surface area contributed by atoms with E-state index in [0.717, 1.165) is 38.5 Å². The van der Waals surface area contributed by atoms with Crippen LogP contribution in [0.4, 0.5) is 0 Å². The van der Waals surface area contributed by atoms with Crippen LogP contribution < -0.4 is 5.32 Å². The van der Waals surface area contributed by atoms with Gasteiger partial charge >= 0.3 is 7.82 Å². The normalized spacial score (nSPS) is 14.2. The lowest BCUT2D eigenvalue weighted by Gasteiger charge is -2.25. The number of quaternary nitrogens is 1. The van der Waals surface area contributed by atoms with Crippen LogP contribution in [0.5, 0.6) is 0 Å². The summed E-state index contributed by atoms with van der Waals surface area (Å²) < 4.78 is 23.7. The highest BCUT2D eigenvalue weighted by molar-refractivity contribution is 7.47. The number of aliphatic hydroxyl groups is 1. The van der Waals surface area contributed by atoms with E-state index in [9.17, 15) is 19.4 Å². The zero-order chi connectivity index (χ0) is 46.4. The van der Waals surface area contributed by atoms with Crippen LogP contribution in [0.3, 0.4) is 0 Å². The second-order valence-corrected chi connectivity index (χ2v) is 21.4. The first-order valence-electron chi connectivity index (χ1n) is 27.2. The molecule has 0 aromatic heterocycles. The Bertz CT molecular complexity index is 1080. The maximum absolute atomic E-state index is 12.9. The third kappa shape index (κ3) is 48.7. The predicted octanol–water partition coefficient (Wildman–Crippen LogP) is 16.0. The van der Waals surface area contributed by atoms with Gasteiger partial charge in [-0.15, -0.1) is 0 Å². The zero-order valence-corrected chi connectivity index (χ0v) is 43.5. The molecule has 0 aliphatic rings. The first-order valence-corrected chi connectivity index (χ1v) is 28.7. The number of hydrogen-bond donors (Lipinski definition) is 3. The molecule has 0 bridgehead atoms. The molecule has 3 atom stereocenters. The summed E-state index contributed by atoms with van der Waals surface area (Å²) in [7, 11) is 1.57. The molecule has 0 fully saturated rings. The fraction of sp³-hybridized carbons (Fsp3) is 0.907. The molecule has 3 unspecified atom stereocenters. The van der Waals surface area contributed by atoms with E-state index in [0.29, 0.717) is 17.4 Å². The lowest BCUT2D eigenvalue weighted by Crippen LogP contribution is -2.45. The van der Waals surface area contributed by atoms with E-state index in [-0.39, 0.29) is 19.1 Å². The van der Waals surface area contributed by atoms with Crippen molar-refractivity contribution in [2.24, 2.45) is 0 Å². The molecule has 0 saturated carbocycles. The topological polar surface area (TPSA) is 105 Å². The van der Waals surface area contributed by atoms with Crippen molar-refractivity contribution in [1.82, 2.24) is 5.32 Å². The van der Waals surface area contributed by atoms with Gasteiger partial charge in [0.05, 0.1) is 39.9 Å². The van der Waals surface area contributed by atoms with Gasteiger partial charge in [0.1, 0.15) is 13.2 Å².